The largest absolute Gasteiger partial charge is 0.377 e. The molecule has 0 N–H and O–H groups in total. The molecule has 2 heteroatoms. The summed E-state index contributed by atoms with van der Waals surface area (Å²) in [6, 6.07) is 22.6. The highest BCUT2D eigenvalue weighted by Gasteiger charge is 2.27. The fourth-order valence-electron chi connectivity index (χ4n) is 5.18. The average Bonchev–Trinajstić information content (AvgIpc) is 2.89. The summed E-state index contributed by atoms with van der Waals surface area (Å²) in [4.78, 5) is 0. The van der Waals surface area contributed by atoms with Crippen molar-refractivity contribution in [1.82, 2.24) is 0 Å². The Morgan fingerprint density at radius 1 is 0.853 bits per heavy atom. The van der Waals surface area contributed by atoms with Gasteiger partial charge < -0.3 is 4.74 Å². The molecule has 1 nitrogen and oxygen atoms in total. The first-order valence-electron chi connectivity index (χ1n) is 12.9. The van der Waals surface area contributed by atoms with Crippen LogP contribution < -0.4 is 0 Å². The molecule has 0 aliphatic heterocycles. The van der Waals surface area contributed by atoms with Crippen molar-refractivity contribution in [3.63, 3.8) is 0 Å². The lowest BCUT2D eigenvalue weighted by atomic mass is 9.76. The first-order chi connectivity index (χ1) is 16.7. The molecule has 3 aromatic rings. The molecule has 0 aromatic heterocycles. The third-order valence-electron chi connectivity index (χ3n) is 7.24. The standard InChI is InChI=1S/C32H37FO/c1-3-5-9-22-34-23-29-20-21-30(32(33)31(29)28-14-12-24(4-2)13-15-28)27-18-16-26(17-19-27)25-10-7-6-8-11-25/h4,6-8,10-11,16-21,24,28H,2-3,5,9,12-15,22-23H2,1H3. The number of ether oxygens (including phenoxy) is 1. The Hall–Kier alpha value is -2.71. The normalized spacial score (nSPS) is 18.1. The third-order valence-corrected chi connectivity index (χ3v) is 7.24. The van der Waals surface area contributed by atoms with Crippen molar-refractivity contribution >= 4 is 0 Å². The Morgan fingerprint density at radius 2 is 1.53 bits per heavy atom. The van der Waals surface area contributed by atoms with E-state index in [0.29, 0.717) is 18.1 Å². The van der Waals surface area contributed by atoms with Gasteiger partial charge in [-0.2, -0.15) is 0 Å². The van der Waals surface area contributed by atoms with Gasteiger partial charge in [-0.1, -0.05) is 92.6 Å². The molecule has 0 amide bonds. The van der Waals surface area contributed by atoms with Gasteiger partial charge in [0.05, 0.1) is 6.61 Å². The van der Waals surface area contributed by atoms with Crippen molar-refractivity contribution in [2.24, 2.45) is 5.92 Å². The van der Waals surface area contributed by atoms with Crippen molar-refractivity contribution in [3.05, 3.63) is 96.3 Å². The lowest BCUT2D eigenvalue weighted by molar-refractivity contribution is 0.115. The molecule has 1 aliphatic rings. The van der Waals surface area contributed by atoms with Crippen LogP contribution in [0.2, 0.25) is 0 Å². The van der Waals surface area contributed by atoms with Crippen molar-refractivity contribution in [2.75, 3.05) is 6.61 Å². The first kappa shape index (κ1) is 24.4. The topological polar surface area (TPSA) is 9.23 Å². The van der Waals surface area contributed by atoms with Crippen LogP contribution in [0.25, 0.3) is 22.3 Å². The van der Waals surface area contributed by atoms with E-state index in [-0.39, 0.29) is 11.7 Å². The maximum Gasteiger partial charge on any atom is 0.134 e. The van der Waals surface area contributed by atoms with E-state index in [9.17, 15) is 0 Å². The van der Waals surface area contributed by atoms with Crippen LogP contribution in [0, 0.1) is 11.7 Å². The fraction of sp³-hybridized carbons (Fsp3) is 0.375. The van der Waals surface area contributed by atoms with E-state index in [0.717, 1.165) is 61.0 Å². The van der Waals surface area contributed by atoms with E-state index in [1.54, 1.807) is 0 Å². The van der Waals surface area contributed by atoms with Crippen LogP contribution in [0.4, 0.5) is 4.39 Å². The minimum atomic E-state index is -0.0656. The van der Waals surface area contributed by atoms with Gasteiger partial charge in [0.2, 0.25) is 0 Å². The van der Waals surface area contributed by atoms with Crippen LogP contribution in [0.15, 0.2) is 79.4 Å². The van der Waals surface area contributed by atoms with Crippen LogP contribution in [0.5, 0.6) is 0 Å². The molecule has 1 fully saturated rings. The number of unbranched alkanes of at least 4 members (excludes halogenated alkanes) is 2. The highest BCUT2D eigenvalue weighted by atomic mass is 19.1. The number of hydrogen-bond donors (Lipinski definition) is 0. The maximum absolute atomic E-state index is 16.2. The molecule has 0 atom stereocenters. The Balaban J connectivity index is 1.61. The third kappa shape index (κ3) is 5.85. The van der Waals surface area contributed by atoms with E-state index in [2.05, 4.69) is 49.9 Å². The summed E-state index contributed by atoms with van der Waals surface area (Å²) in [6.07, 6.45) is 9.65. The highest BCUT2D eigenvalue weighted by molar-refractivity contribution is 5.71. The highest BCUT2D eigenvalue weighted by Crippen LogP contribution is 2.41. The molecule has 3 aromatic carbocycles. The molecule has 0 radical (unpaired) electrons. The van der Waals surface area contributed by atoms with Crippen molar-refractivity contribution < 1.29 is 9.13 Å². The van der Waals surface area contributed by atoms with E-state index >= 15 is 4.39 Å². The lowest BCUT2D eigenvalue weighted by Crippen LogP contribution is -2.15. The van der Waals surface area contributed by atoms with Crippen LogP contribution in [-0.2, 0) is 11.3 Å². The van der Waals surface area contributed by atoms with Crippen LogP contribution in [0.1, 0.15) is 68.9 Å². The minimum Gasteiger partial charge on any atom is -0.377 e. The Bertz CT molecular complexity index is 1050. The molecule has 1 saturated carbocycles. The van der Waals surface area contributed by atoms with Gasteiger partial charge in [0.1, 0.15) is 5.82 Å². The summed E-state index contributed by atoms with van der Waals surface area (Å²) in [5.41, 5.74) is 5.82. The summed E-state index contributed by atoms with van der Waals surface area (Å²) >= 11 is 0. The Labute approximate surface area is 204 Å². The summed E-state index contributed by atoms with van der Waals surface area (Å²) in [5.74, 6) is 0.736. The zero-order valence-corrected chi connectivity index (χ0v) is 20.4. The maximum atomic E-state index is 16.2. The van der Waals surface area contributed by atoms with Crippen molar-refractivity contribution in [1.29, 1.82) is 0 Å². The summed E-state index contributed by atoms with van der Waals surface area (Å²) in [6.45, 7) is 7.39. The molecule has 1 aliphatic carbocycles. The van der Waals surface area contributed by atoms with Gasteiger partial charge >= 0.3 is 0 Å². The predicted octanol–water partition coefficient (Wildman–Crippen LogP) is 9.33. The number of allylic oxidation sites excluding steroid dienone is 1. The van der Waals surface area contributed by atoms with Crippen LogP contribution in [-0.4, -0.2) is 6.61 Å². The second kappa shape index (κ2) is 12.1. The quantitative estimate of drug-likeness (QED) is 0.218. The van der Waals surface area contributed by atoms with Gasteiger partial charge in [-0.15, -0.1) is 6.58 Å². The zero-order chi connectivity index (χ0) is 23.8. The van der Waals surface area contributed by atoms with Gasteiger partial charge in [0.25, 0.3) is 0 Å². The first-order valence-corrected chi connectivity index (χ1v) is 12.9. The van der Waals surface area contributed by atoms with Gasteiger partial charge in [0.15, 0.2) is 0 Å². The molecule has 0 spiro atoms. The molecule has 34 heavy (non-hydrogen) atoms. The van der Waals surface area contributed by atoms with E-state index in [1.165, 1.54) is 18.4 Å². The molecular weight excluding hydrogens is 419 g/mol. The molecular formula is C32H37FO. The fourth-order valence-corrected chi connectivity index (χ4v) is 5.18. The van der Waals surface area contributed by atoms with Crippen molar-refractivity contribution in [2.45, 2.75) is 64.4 Å². The second-order valence-corrected chi connectivity index (χ2v) is 9.55. The van der Waals surface area contributed by atoms with E-state index in [1.807, 2.05) is 36.4 Å². The SMILES string of the molecule is C=CC1CCC(c2c(COCCCCC)ccc(-c3ccc(-c4ccccc4)cc3)c2F)CC1. The Kier molecular flexibility index (Phi) is 8.71. The zero-order valence-electron chi connectivity index (χ0n) is 20.4. The number of halogens is 1. The molecule has 0 bridgehead atoms. The molecule has 0 heterocycles. The molecule has 178 valence electrons. The lowest BCUT2D eigenvalue weighted by Gasteiger charge is -2.29. The van der Waals surface area contributed by atoms with Gasteiger partial charge in [0, 0.05) is 12.2 Å². The summed E-state index contributed by atoms with van der Waals surface area (Å²) < 4.78 is 22.1. The van der Waals surface area contributed by atoms with E-state index < -0.39 is 0 Å². The average molecular weight is 457 g/mol. The predicted molar refractivity (Wildman–Crippen MR) is 141 cm³/mol. The number of hydrogen-bond acceptors (Lipinski definition) is 1. The summed E-state index contributed by atoms with van der Waals surface area (Å²) in [5, 5.41) is 0. The number of benzene rings is 3. The number of rotatable bonds is 10. The van der Waals surface area contributed by atoms with Crippen LogP contribution >= 0.6 is 0 Å². The smallest absolute Gasteiger partial charge is 0.134 e. The Morgan fingerprint density at radius 3 is 2.21 bits per heavy atom. The second-order valence-electron chi connectivity index (χ2n) is 9.55. The van der Waals surface area contributed by atoms with Gasteiger partial charge in [-0.05, 0) is 71.8 Å². The summed E-state index contributed by atoms with van der Waals surface area (Å²) in [7, 11) is 0. The molecule has 0 saturated heterocycles. The monoisotopic (exact) mass is 456 g/mol. The minimum absolute atomic E-state index is 0.0656. The van der Waals surface area contributed by atoms with Crippen LogP contribution in [0.3, 0.4) is 0 Å². The van der Waals surface area contributed by atoms with Gasteiger partial charge in [-0.25, -0.2) is 4.39 Å². The van der Waals surface area contributed by atoms with E-state index in [4.69, 9.17) is 4.74 Å². The van der Waals surface area contributed by atoms with Crippen molar-refractivity contribution in [3.8, 4) is 22.3 Å². The van der Waals surface area contributed by atoms with Gasteiger partial charge in [-0.3, -0.25) is 0 Å². The molecule has 4 rings (SSSR count). The molecule has 0 unspecified atom stereocenters.